The van der Waals surface area contributed by atoms with Gasteiger partial charge in [0.1, 0.15) is 5.75 Å². The maximum Gasteiger partial charge on any atom is 0.573 e. The summed E-state index contributed by atoms with van der Waals surface area (Å²) in [5, 5.41) is 5.87. The molecule has 0 aliphatic heterocycles. The van der Waals surface area contributed by atoms with Gasteiger partial charge in [-0.1, -0.05) is 41.7 Å². The van der Waals surface area contributed by atoms with Crippen LogP contribution in [0.5, 0.6) is 5.75 Å². The van der Waals surface area contributed by atoms with Crippen LogP contribution in [0.1, 0.15) is 47.2 Å². The molecule has 0 bridgehead atoms. The molecule has 0 atom stereocenters. The maximum absolute atomic E-state index is 13.6. The molecule has 3 aromatic carbocycles. The zero-order chi connectivity index (χ0) is 31.3. The molecular weight excluding hydrogens is 595 g/mol. The highest BCUT2D eigenvalue weighted by Gasteiger charge is 2.31. The van der Waals surface area contributed by atoms with Crippen LogP contribution in [-0.4, -0.2) is 29.2 Å². The number of carbonyl (C=O) groups excluding carboxylic acids is 2. The van der Waals surface area contributed by atoms with Gasteiger partial charge in [0.25, 0.3) is 5.91 Å². The molecule has 0 saturated heterocycles. The van der Waals surface area contributed by atoms with Crippen LogP contribution in [0.15, 0.2) is 82.9 Å². The molecule has 0 radical (unpaired) electrons. The number of benzene rings is 3. The number of guanidine groups is 1. The summed E-state index contributed by atoms with van der Waals surface area (Å²) in [5.41, 5.74) is 16.3. The first-order chi connectivity index (χ1) is 21.1. The highest BCUT2D eigenvalue weighted by atomic mass is 32.1. The summed E-state index contributed by atoms with van der Waals surface area (Å²) in [5.74, 6) is -1.53. The number of nitrogens with one attached hydrogen (secondary N) is 2. The SMILES string of the molecule is N=NC(N)=NC(=O)c1ccc(CN(C(=O)Nc2nc3cc(OC(F)(F)F)ccc3s2)c2ccc(C3=CCCCC3)cc2)cc1. The Bertz CT molecular complexity index is 1750. The number of rotatable bonds is 7. The topological polar surface area (TPSA) is 146 Å². The Morgan fingerprint density at radius 3 is 2.48 bits per heavy atom. The summed E-state index contributed by atoms with van der Waals surface area (Å²) in [4.78, 5) is 35.2. The summed E-state index contributed by atoms with van der Waals surface area (Å²) in [6, 6.07) is 17.3. The number of anilines is 2. The molecule has 0 spiro atoms. The van der Waals surface area contributed by atoms with E-state index in [0.717, 1.165) is 42.2 Å². The van der Waals surface area contributed by atoms with Crippen molar-refractivity contribution >= 4 is 55.8 Å². The maximum atomic E-state index is 13.6. The van der Waals surface area contributed by atoms with Crippen LogP contribution in [0.2, 0.25) is 0 Å². The number of thiazole rings is 1. The lowest BCUT2D eigenvalue weighted by molar-refractivity contribution is -0.274. The van der Waals surface area contributed by atoms with E-state index >= 15 is 0 Å². The fourth-order valence-corrected chi connectivity index (χ4v) is 5.52. The molecule has 14 heteroatoms. The predicted molar refractivity (Wildman–Crippen MR) is 162 cm³/mol. The van der Waals surface area contributed by atoms with Crippen molar-refractivity contribution in [1.82, 2.24) is 4.98 Å². The number of aliphatic imine (C=N–C) groups is 1. The smallest absolute Gasteiger partial charge is 0.406 e. The lowest BCUT2D eigenvalue weighted by Crippen LogP contribution is -2.34. The molecule has 0 unspecified atom stereocenters. The van der Waals surface area contributed by atoms with Gasteiger partial charge in [-0.2, -0.15) is 4.99 Å². The molecule has 3 amide bonds. The lowest BCUT2D eigenvalue weighted by Gasteiger charge is -2.23. The molecule has 10 nitrogen and oxygen atoms in total. The Morgan fingerprint density at radius 1 is 1.07 bits per heavy atom. The Kier molecular flexibility index (Phi) is 8.99. The normalized spacial score (nSPS) is 13.7. The van der Waals surface area contributed by atoms with Crippen LogP contribution < -0.4 is 20.7 Å². The highest BCUT2D eigenvalue weighted by Crippen LogP contribution is 2.32. The molecule has 0 fully saturated rings. The first-order valence-electron chi connectivity index (χ1n) is 13.5. The standard InChI is InChI=1S/C30H26F3N7O3S/c31-30(32,33)43-23-14-15-25-24(16-23)36-28(44-25)38-29(42)40(22-12-10-20(11-13-22)19-4-2-1-3-5-19)17-18-6-8-21(9-7-18)26(41)37-27(34)39-35/h4,6-16,35H,1-3,5,17H2,(H2,34,37,41)(H,36,38,42). The van der Waals surface area contributed by atoms with E-state index < -0.39 is 30.0 Å². The van der Waals surface area contributed by atoms with Gasteiger partial charge in [-0.25, -0.2) is 15.3 Å². The second-order valence-corrected chi connectivity index (χ2v) is 10.8. The number of halogens is 3. The van der Waals surface area contributed by atoms with E-state index in [1.165, 1.54) is 41.2 Å². The van der Waals surface area contributed by atoms with Gasteiger partial charge in [-0.05, 0) is 78.8 Å². The fraction of sp³-hybridized carbons (Fsp3) is 0.200. The van der Waals surface area contributed by atoms with E-state index in [1.54, 1.807) is 12.1 Å². The number of allylic oxidation sites excluding steroid dienone is 2. The number of nitrogens with zero attached hydrogens (tertiary/aromatic N) is 4. The average molecular weight is 622 g/mol. The fourth-order valence-electron chi connectivity index (χ4n) is 4.68. The molecule has 0 saturated carbocycles. The van der Waals surface area contributed by atoms with E-state index in [4.69, 9.17) is 11.3 Å². The quantitative estimate of drug-likeness (QED) is 0.109. The predicted octanol–water partition coefficient (Wildman–Crippen LogP) is 7.88. The van der Waals surface area contributed by atoms with Gasteiger partial charge in [0.15, 0.2) is 5.13 Å². The first kappa shape index (κ1) is 30.4. The van der Waals surface area contributed by atoms with Crippen molar-refractivity contribution in [2.45, 2.75) is 38.6 Å². The van der Waals surface area contributed by atoms with Gasteiger partial charge in [0.2, 0.25) is 5.96 Å². The summed E-state index contributed by atoms with van der Waals surface area (Å²) in [7, 11) is 0. The molecule has 1 heterocycles. The third kappa shape index (κ3) is 7.64. The Morgan fingerprint density at radius 2 is 1.82 bits per heavy atom. The summed E-state index contributed by atoms with van der Waals surface area (Å²) in [6.07, 6.45) is 1.72. The van der Waals surface area contributed by atoms with E-state index in [9.17, 15) is 22.8 Å². The minimum Gasteiger partial charge on any atom is -0.406 e. The minimum absolute atomic E-state index is 0.115. The Balaban J connectivity index is 1.40. The third-order valence-electron chi connectivity index (χ3n) is 6.76. The van der Waals surface area contributed by atoms with Gasteiger partial charge in [0.05, 0.1) is 16.8 Å². The monoisotopic (exact) mass is 621 g/mol. The van der Waals surface area contributed by atoms with Crippen molar-refractivity contribution in [3.05, 3.63) is 89.5 Å². The number of ether oxygens (including phenoxy) is 1. The van der Waals surface area contributed by atoms with Crippen LogP contribution in [-0.2, 0) is 6.54 Å². The van der Waals surface area contributed by atoms with Crippen molar-refractivity contribution in [3.63, 3.8) is 0 Å². The third-order valence-corrected chi connectivity index (χ3v) is 7.72. The number of carbonyl (C=O) groups is 2. The molecule has 1 aliphatic rings. The van der Waals surface area contributed by atoms with Gasteiger partial charge in [0, 0.05) is 17.3 Å². The van der Waals surface area contributed by atoms with Crippen molar-refractivity contribution in [3.8, 4) is 5.75 Å². The number of hydrogen-bond donors (Lipinski definition) is 3. The zero-order valence-corrected chi connectivity index (χ0v) is 23.9. The number of fused-ring (bicyclic) bond motifs is 1. The Hall–Kier alpha value is -5.11. The number of urea groups is 1. The summed E-state index contributed by atoms with van der Waals surface area (Å²) < 4.78 is 42.5. The van der Waals surface area contributed by atoms with E-state index in [1.807, 2.05) is 24.3 Å². The number of aromatic nitrogens is 1. The largest absolute Gasteiger partial charge is 0.573 e. The molecular formula is C30H26F3N7O3S. The molecule has 1 aliphatic carbocycles. The Labute approximate surface area is 253 Å². The van der Waals surface area contributed by atoms with Gasteiger partial charge >= 0.3 is 12.4 Å². The summed E-state index contributed by atoms with van der Waals surface area (Å²) >= 11 is 1.11. The molecule has 4 aromatic rings. The van der Waals surface area contributed by atoms with Gasteiger partial charge in [-0.15, -0.1) is 18.3 Å². The first-order valence-corrected chi connectivity index (χ1v) is 14.3. The molecule has 5 rings (SSSR count). The van der Waals surface area contributed by atoms with E-state index in [-0.39, 0.29) is 22.8 Å². The zero-order valence-electron chi connectivity index (χ0n) is 23.1. The number of alkyl halides is 3. The van der Waals surface area contributed by atoms with E-state index in [2.05, 4.69) is 31.2 Å². The lowest BCUT2D eigenvalue weighted by atomic mass is 9.93. The van der Waals surface area contributed by atoms with E-state index in [0.29, 0.717) is 16.0 Å². The van der Waals surface area contributed by atoms with Crippen molar-refractivity contribution in [2.75, 3.05) is 10.2 Å². The van der Waals surface area contributed by atoms with Crippen LogP contribution >= 0.6 is 11.3 Å². The number of hydrogen-bond acceptors (Lipinski definition) is 6. The second-order valence-electron chi connectivity index (χ2n) is 9.82. The van der Waals surface area contributed by atoms with Gasteiger partial charge < -0.3 is 10.5 Å². The van der Waals surface area contributed by atoms with Crippen LogP contribution in [0.3, 0.4) is 0 Å². The van der Waals surface area contributed by atoms with Crippen LogP contribution in [0, 0.1) is 5.53 Å². The van der Waals surface area contributed by atoms with Crippen LogP contribution in [0.25, 0.3) is 15.8 Å². The minimum atomic E-state index is -4.84. The average Bonchev–Trinajstić information content (AvgIpc) is 3.41. The van der Waals surface area contributed by atoms with Crippen molar-refractivity contribution in [1.29, 1.82) is 5.53 Å². The van der Waals surface area contributed by atoms with Gasteiger partial charge in [-0.3, -0.25) is 15.0 Å². The molecule has 226 valence electrons. The molecule has 4 N–H and O–H groups in total. The number of amides is 3. The number of nitrogens with two attached hydrogens (primary N) is 1. The second kappa shape index (κ2) is 13.0. The molecule has 1 aromatic heterocycles. The van der Waals surface area contributed by atoms with Crippen molar-refractivity contribution < 1.29 is 27.5 Å². The van der Waals surface area contributed by atoms with Crippen molar-refractivity contribution in [2.24, 2.45) is 15.8 Å². The summed E-state index contributed by atoms with van der Waals surface area (Å²) in [6.45, 7) is 0.115. The van der Waals surface area contributed by atoms with Crippen LogP contribution in [0.4, 0.5) is 28.8 Å². The highest BCUT2D eigenvalue weighted by molar-refractivity contribution is 7.22. The molecule has 44 heavy (non-hydrogen) atoms.